The maximum atomic E-state index is 11.3. The number of carboxylic acids is 1. The third kappa shape index (κ3) is 3.04. The van der Waals surface area contributed by atoms with E-state index in [0.29, 0.717) is 13.0 Å². The summed E-state index contributed by atoms with van der Waals surface area (Å²) in [6, 6.07) is 0. The summed E-state index contributed by atoms with van der Waals surface area (Å²) in [5, 5.41) is 14.4. The summed E-state index contributed by atoms with van der Waals surface area (Å²) < 4.78 is 0.289. The topological polar surface area (TPSA) is 52.2 Å². The van der Waals surface area contributed by atoms with Gasteiger partial charge in [0.05, 0.1) is 21.1 Å². The van der Waals surface area contributed by atoms with Crippen molar-refractivity contribution in [2.24, 2.45) is 0 Å². The summed E-state index contributed by atoms with van der Waals surface area (Å²) in [6.07, 6.45) is 2.98. The number of carbonyl (C=O) groups is 1. The lowest BCUT2D eigenvalue weighted by Crippen LogP contribution is -2.73. The van der Waals surface area contributed by atoms with Crippen LogP contribution in [0.15, 0.2) is 12.7 Å². The molecular formula is C11H22N2O2. The first kappa shape index (κ1) is 14.1. The molecule has 0 aliphatic carbocycles. The molecule has 0 bridgehead atoms. The van der Waals surface area contributed by atoms with E-state index in [1.807, 2.05) is 28.1 Å². The molecule has 4 heteroatoms. The fraction of sp³-hybridized carbons (Fsp3) is 0.727. The van der Waals surface area contributed by atoms with Crippen molar-refractivity contribution >= 4 is 5.97 Å². The normalized spacial score (nSPS) is 15.7. The largest absolute Gasteiger partial charge is 0.543 e. The Kier molecular flexibility index (Phi) is 4.97. The van der Waals surface area contributed by atoms with Gasteiger partial charge in [-0.3, -0.25) is 5.32 Å². The Morgan fingerprint density at radius 3 is 2.33 bits per heavy atom. The second-order valence-corrected chi connectivity index (χ2v) is 4.58. The number of hydrogen-bond acceptors (Lipinski definition) is 3. The molecule has 0 spiro atoms. The molecule has 1 unspecified atom stereocenters. The molecule has 0 rings (SSSR count). The molecule has 0 aromatic heterocycles. The fourth-order valence-electron chi connectivity index (χ4n) is 1.71. The zero-order chi connectivity index (χ0) is 12.1. The van der Waals surface area contributed by atoms with Crippen LogP contribution in [-0.4, -0.2) is 43.8 Å². The standard InChI is InChI=1S/C11H22N2O2/c1-6-8-11(10(14)15,12-9-7-2)13(3,4)5/h7,12H,2,6,8-9H2,1,3-5H3. The molecule has 0 heterocycles. The SMILES string of the molecule is C=CCNC(CCC)(C(=O)[O-])[N+](C)(C)C. The van der Waals surface area contributed by atoms with Crippen molar-refractivity contribution in [3.05, 3.63) is 12.7 Å². The number of nitrogens with zero attached hydrogens (tertiary/aromatic N) is 1. The monoisotopic (exact) mass is 214 g/mol. The van der Waals surface area contributed by atoms with Gasteiger partial charge in [-0.05, 0) is 6.42 Å². The van der Waals surface area contributed by atoms with Crippen LogP contribution in [-0.2, 0) is 4.79 Å². The third-order valence-electron chi connectivity index (χ3n) is 2.63. The predicted octanol–water partition coefficient (Wildman–Crippen LogP) is -0.285. The summed E-state index contributed by atoms with van der Waals surface area (Å²) in [7, 11) is 5.55. The Labute approximate surface area is 92.2 Å². The van der Waals surface area contributed by atoms with Crippen molar-refractivity contribution in [2.45, 2.75) is 25.4 Å². The molecule has 1 N–H and O–H groups in total. The van der Waals surface area contributed by atoms with E-state index in [1.165, 1.54) is 0 Å². The highest BCUT2D eigenvalue weighted by Crippen LogP contribution is 2.21. The summed E-state index contributed by atoms with van der Waals surface area (Å²) in [5.74, 6) is -1.06. The van der Waals surface area contributed by atoms with Gasteiger partial charge >= 0.3 is 0 Å². The molecule has 0 aliphatic heterocycles. The summed E-state index contributed by atoms with van der Waals surface area (Å²) in [4.78, 5) is 11.3. The van der Waals surface area contributed by atoms with Crippen LogP contribution in [0, 0.1) is 0 Å². The molecule has 1 atom stereocenters. The van der Waals surface area contributed by atoms with Gasteiger partial charge in [0.2, 0.25) is 0 Å². The molecule has 4 nitrogen and oxygen atoms in total. The quantitative estimate of drug-likeness (QED) is 0.360. The Bertz CT molecular complexity index is 233. The van der Waals surface area contributed by atoms with Crippen LogP contribution < -0.4 is 10.4 Å². The van der Waals surface area contributed by atoms with Gasteiger partial charge in [-0.2, -0.15) is 0 Å². The molecule has 0 radical (unpaired) electrons. The minimum Gasteiger partial charge on any atom is -0.543 e. The highest BCUT2D eigenvalue weighted by Gasteiger charge is 2.43. The van der Waals surface area contributed by atoms with Crippen LogP contribution in [0.2, 0.25) is 0 Å². The van der Waals surface area contributed by atoms with E-state index in [1.54, 1.807) is 6.08 Å². The molecule has 0 saturated carbocycles. The molecule has 0 aromatic carbocycles. The van der Waals surface area contributed by atoms with Crippen molar-refractivity contribution in [2.75, 3.05) is 27.7 Å². The van der Waals surface area contributed by atoms with Crippen molar-refractivity contribution in [3.63, 3.8) is 0 Å². The predicted molar refractivity (Wildman–Crippen MR) is 58.9 cm³/mol. The first-order valence-electron chi connectivity index (χ1n) is 5.20. The van der Waals surface area contributed by atoms with Gasteiger partial charge < -0.3 is 14.4 Å². The molecule has 0 amide bonds. The lowest BCUT2D eigenvalue weighted by molar-refractivity contribution is -0.920. The van der Waals surface area contributed by atoms with Crippen LogP contribution in [0.4, 0.5) is 0 Å². The molecule has 0 fully saturated rings. The van der Waals surface area contributed by atoms with E-state index in [0.717, 1.165) is 6.42 Å². The van der Waals surface area contributed by atoms with Crippen LogP contribution in [0.1, 0.15) is 19.8 Å². The van der Waals surface area contributed by atoms with Gasteiger partial charge in [-0.15, -0.1) is 6.58 Å². The van der Waals surface area contributed by atoms with Crippen LogP contribution >= 0.6 is 0 Å². The Morgan fingerprint density at radius 2 is 2.07 bits per heavy atom. The van der Waals surface area contributed by atoms with Crippen molar-refractivity contribution in [3.8, 4) is 0 Å². The molecule has 0 saturated heterocycles. The zero-order valence-corrected chi connectivity index (χ0v) is 10.2. The maximum Gasteiger partial charge on any atom is 0.193 e. The third-order valence-corrected chi connectivity index (χ3v) is 2.63. The number of carboxylic acid groups (broad SMARTS) is 1. The van der Waals surface area contributed by atoms with Crippen LogP contribution in [0.25, 0.3) is 0 Å². The molecular weight excluding hydrogens is 192 g/mol. The van der Waals surface area contributed by atoms with Gasteiger partial charge in [0.15, 0.2) is 5.66 Å². The van der Waals surface area contributed by atoms with Gasteiger partial charge in [-0.1, -0.05) is 13.0 Å². The molecule has 0 aliphatic rings. The summed E-state index contributed by atoms with van der Waals surface area (Å²) in [5.41, 5.74) is -1.04. The number of aliphatic carboxylic acids is 1. The average molecular weight is 214 g/mol. The highest BCUT2D eigenvalue weighted by atomic mass is 16.4. The van der Waals surface area contributed by atoms with Crippen LogP contribution in [0.3, 0.4) is 0 Å². The second-order valence-electron chi connectivity index (χ2n) is 4.58. The number of rotatable bonds is 7. The molecule has 15 heavy (non-hydrogen) atoms. The van der Waals surface area contributed by atoms with Gasteiger partial charge in [-0.25, -0.2) is 0 Å². The smallest absolute Gasteiger partial charge is 0.193 e. The Hall–Kier alpha value is -0.870. The maximum absolute atomic E-state index is 11.3. The zero-order valence-electron chi connectivity index (χ0n) is 10.2. The van der Waals surface area contributed by atoms with E-state index in [-0.39, 0.29) is 4.48 Å². The summed E-state index contributed by atoms with van der Waals surface area (Å²) >= 11 is 0. The van der Waals surface area contributed by atoms with Crippen molar-refractivity contribution in [1.82, 2.24) is 5.32 Å². The fourth-order valence-corrected chi connectivity index (χ4v) is 1.71. The van der Waals surface area contributed by atoms with Gasteiger partial charge in [0, 0.05) is 13.0 Å². The first-order valence-corrected chi connectivity index (χ1v) is 5.20. The summed E-state index contributed by atoms with van der Waals surface area (Å²) in [6.45, 7) is 6.01. The Morgan fingerprint density at radius 1 is 1.53 bits per heavy atom. The first-order chi connectivity index (χ1) is 6.81. The Balaban J connectivity index is 5.07. The number of hydrogen-bond donors (Lipinski definition) is 1. The average Bonchev–Trinajstić information content (AvgIpc) is 2.09. The lowest BCUT2D eigenvalue weighted by Gasteiger charge is -2.47. The van der Waals surface area contributed by atoms with E-state index in [4.69, 9.17) is 0 Å². The molecule has 88 valence electrons. The van der Waals surface area contributed by atoms with E-state index < -0.39 is 11.6 Å². The molecule has 0 aromatic rings. The highest BCUT2D eigenvalue weighted by molar-refractivity contribution is 5.74. The van der Waals surface area contributed by atoms with Crippen molar-refractivity contribution < 1.29 is 14.4 Å². The number of nitrogens with one attached hydrogen (secondary N) is 1. The van der Waals surface area contributed by atoms with E-state index in [9.17, 15) is 9.90 Å². The number of likely N-dealkylation sites (N-methyl/N-ethyl adjacent to an activating group) is 1. The van der Waals surface area contributed by atoms with E-state index in [2.05, 4.69) is 11.9 Å². The minimum absolute atomic E-state index is 0.289. The van der Waals surface area contributed by atoms with Crippen molar-refractivity contribution in [1.29, 1.82) is 0 Å². The van der Waals surface area contributed by atoms with Gasteiger partial charge in [0.1, 0.15) is 5.97 Å². The van der Waals surface area contributed by atoms with E-state index >= 15 is 0 Å². The number of quaternary nitrogens is 1. The minimum atomic E-state index is -1.06. The second kappa shape index (κ2) is 5.28. The number of carbonyl (C=O) groups excluding carboxylic acids is 1. The van der Waals surface area contributed by atoms with Crippen LogP contribution in [0.5, 0.6) is 0 Å². The lowest BCUT2D eigenvalue weighted by atomic mass is 10.0. The van der Waals surface area contributed by atoms with Gasteiger partial charge in [0.25, 0.3) is 0 Å².